The standard InChI is InChI=1S/C24H19F2N3O2/c25-23(26)31-19-13-10-17(11-14-19)12-15-22(30)28-24-27-20-8-4-5-9-21(20)29(24)16-18-6-2-1-3-7-18/h1-15,23H,16H2,(H,27,28,30)/b15-12-. The Bertz CT molecular complexity index is 1200. The van der Waals surface area contributed by atoms with Crippen LogP contribution in [0.4, 0.5) is 14.7 Å². The Kier molecular flexibility index (Phi) is 6.03. The van der Waals surface area contributed by atoms with Crippen molar-refractivity contribution in [3.63, 3.8) is 0 Å². The first-order valence-electron chi connectivity index (χ1n) is 9.61. The zero-order chi connectivity index (χ0) is 21.6. The third kappa shape index (κ3) is 5.14. The molecule has 0 atom stereocenters. The van der Waals surface area contributed by atoms with Crippen molar-refractivity contribution < 1.29 is 18.3 Å². The van der Waals surface area contributed by atoms with E-state index >= 15 is 0 Å². The lowest BCUT2D eigenvalue weighted by atomic mass is 10.2. The number of hydrogen-bond donors (Lipinski definition) is 1. The molecule has 7 heteroatoms. The number of imidazole rings is 1. The van der Waals surface area contributed by atoms with E-state index in [1.165, 1.54) is 18.2 Å². The lowest BCUT2D eigenvalue weighted by molar-refractivity contribution is -0.111. The van der Waals surface area contributed by atoms with Crippen LogP contribution in [0.5, 0.6) is 5.75 Å². The third-order valence-corrected chi connectivity index (χ3v) is 4.61. The number of rotatable bonds is 7. The van der Waals surface area contributed by atoms with Crippen LogP contribution < -0.4 is 10.1 Å². The summed E-state index contributed by atoms with van der Waals surface area (Å²) >= 11 is 0. The topological polar surface area (TPSA) is 56.1 Å². The molecule has 0 aliphatic carbocycles. The van der Waals surface area contributed by atoms with E-state index in [-0.39, 0.29) is 11.7 Å². The first-order valence-corrected chi connectivity index (χ1v) is 9.61. The van der Waals surface area contributed by atoms with Gasteiger partial charge in [0.05, 0.1) is 17.6 Å². The van der Waals surface area contributed by atoms with Gasteiger partial charge in [0, 0.05) is 6.08 Å². The fourth-order valence-corrected chi connectivity index (χ4v) is 3.18. The molecule has 31 heavy (non-hydrogen) atoms. The number of benzene rings is 3. The van der Waals surface area contributed by atoms with Gasteiger partial charge in [-0.15, -0.1) is 0 Å². The predicted molar refractivity (Wildman–Crippen MR) is 116 cm³/mol. The van der Waals surface area contributed by atoms with Crippen molar-refractivity contribution in [1.82, 2.24) is 9.55 Å². The van der Waals surface area contributed by atoms with E-state index in [2.05, 4.69) is 15.0 Å². The van der Waals surface area contributed by atoms with Crippen molar-refractivity contribution in [3.05, 3.63) is 96.1 Å². The zero-order valence-corrected chi connectivity index (χ0v) is 16.4. The second-order valence-corrected chi connectivity index (χ2v) is 6.77. The molecule has 1 amide bonds. The van der Waals surface area contributed by atoms with Gasteiger partial charge in [0.15, 0.2) is 0 Å². The molecule has 0 fully saturated rings. The molecule has 1 heterocycles. The minimum absolute atomic E-state index is 0.0613. The SMILES string of the molecule is O=C(/C=C\c1ccc(OC(F)F)cc1)Nc1nc2ccccc2n1Cc1ccccc1. The summed E-state index contributed by atoms with van der Waals surface area (Å²) in [5, 5.41) is 2.83. The van der Waals surface area contributed by atoms with E-state index in [4.69, 9.17) is 0 Å². The van der Waals surface area contributed by atoms with Crippen LogP contribution in [0.15, 0.2) is 84.9 Å². The Labute approximate surface area is 177 Å². The van der Waals surface area contributed by atoms with Gasteiger partial charge < -0.3 is 9.30 Å². The van der Waals surface area contributed by atoms with Crippen LogP contribution in [-0.2, 0) is 11.3 Å². The average molecular weight is 419 g/mol. The fraction of sp³-hybridized carbons (Fsp3) is 0.0833. The van der Waals surface area contributed by atoms with Crippen molar-refractivity contribution in [1.29, 1.82) is 0 Å². The van der Waals surface area contributed by atoms with E-state index in [1.54, 1.807) is 18.2 Å². The van der Waals surface area contributed by atoms with Gasteiger partial charge in [0.1, 0.15) is 5.75 Å². The van der Waals surface area contributed by atoms with Crippen LogP contribution in [0.1, 0.15) is 11.1 Å². The number of ether oxygens (including phenoxy) is 1. The largest absolute Gasteiger partial charge is 0.435 e. The van der Waals surface area contributed by atoms with Gasteiger partial charge in [-0.05, 0) is 41.5 Å². The van der Waals surface area contributed by atoms with Gasteiger partial charge in [-0.1, -0.05) is 54.6 Å². The molecule has 4 aromatic rings. The van der Waals surface area contributed by atoms with Crippen LogP contribution >= 0.6 is 0 Å². The van der Waals surface area contributed by atoms with Gasteiger partial charge in [-0.2, -0.15) is 8.78 Å². The van der Waals surface area contributed by atoms with Crippen LogP contribution in [0.3, 0.4) is 0 Å². The Morgan fingerprint density at radius 1 is 1.00 bits per heavy atom. The lowest BCUT2D eigenvalue weighted by Gasteiger charge is -2.09. The van der Waals surface area contributed by atoms with Crippen LogP contribution in [0.25, 0.3) is 17.1 Å². The number of anilines is 1. The molecule has 3 aromatic carbocycles. The molecule has 0 aliphatic rings. The minimum Gasteiger partial charge on any atom is -0.435 e. The number of halogens is 2. The molecular weight excluding hydrogens is 400 g/mol. The monoisotopic (exact) mass is 419 g/mol. The molecule has 0 unspecified atom stereocenters. The molecular formula is C24H19F2N3O2. The van der Waals surface area contributed by atoms with Crippen LogP contribution in [-0.4, -0.2) is 22.1 Å². The van der Waals surface area contributed by atoms with Gasteiger partial charge in [0.2, 0.25) is 5.95 Å². The molecule has 0 saturated heterocycles. The highest BCUT2D eigenvalue weighted by atomic mass is 19.3. The quantitative estimate of drug-likeness (QED) is 0.412. The van der Waals surface area contributed by atoms with Gasteiger partial charge in [-0.3, -0.25) is 10.1 Å². The highest BCUT2D eigenvalue weighted by molar-refractivity contribution is 6.01. The Morgan fingerprint density at radius 2 is 1.71 bits per heavy atom. The van der Waals surface area contributed by atoms with E-state index in [0.29, 0.717) is 18.1 Å². The average Bonchev–Trinajstić information content (AvgIpc) is 3.10. The second-order valence-electron chi connectivity index (χ2n) is 6.77. The summed E-state index contributed by atoms with van der Waals surface area (Å²) in [6.45, 7) is -2.31. The molecule has 1 N–H and O–H groups in total. The summed E-state index contributed by atoms with van der Waals surface area (Å²) in [7, 11) is 0. The Balaban J connectivity index is 1.52. The second kappa shape index (κ2) is 9.21. The molecule has 0 radical (unpaired) electrons. The number of para-hydroxylation sites is 2. The van der Waals surface area contributed by atoms with E-state index in [0.717, 1.165) is 16.6 Å². The molecule has 0 spiro atoms. The molecule has 156 valence electrons. The number of aromatic nitrogens is 2. The lowest BCUT2D eigenvalue weighted by Crippen LogP contribution is -2.14. The van der Waals surface area contributed by atoms with Crippen molar-refractivity contribution in [2.24, 2.45) is 0 Å². The normalized spacial score (nSPS) is 11.3. The molecule has 1 aromatic heterocycles. The van der Waals surface area contributed by atoms with Gasteiger partial charge >= 0.3 is 6.61 Å². The molecule has 5 nitrogen and oxygen atoms in total. The molecule has 0 bridgehead atoms. The van der Waals surface area contributed by atoms with Gasteiger partial charge in [-0.25, -0.2) is 4.98 Å². The number of carbonyl (C=O) groups excluding carboxylic acids is 1. The highest BCUT2D eigenvalue weighted by Gasteiger charge is 2.12. The first-order chi connectivity index (χ1) is 15.1. The van der Waals surface area contributed by atoms with Gasteiger partial charge in [0.25, 0.3) is 5.91 Å². The number of carbonyl (C=O) groups is 1. The van der Waals surface area contributed by atoms with Crippen molar-refractivity contribution >= 4 is 29.0 Å². The minimum atomic E-state index is -2.87. The summed E-state index contributed by atoms with van der Waals surface area (Å²) < 4.78 is 30.7. The molecule has 0 aliphatic heterocycles. The highest BCUT2D eigenvalue weighted by Crippen LogP contribution is 2.21. The maximum atomic E-state index is 12.5. The Morgan fingerprint density at radius 3 is 2.45 bits per heavy atom. The Hall–Kier alpha value is -4.00. The van der Waals surface area contributed by atoms with E-state index in [9.17, 15) is 13.6 Å². The van der Waals surface area contributed by atoms with Crippen LogP contribution in [0.2, 0.25) is 0 Å². The number of nitrogens with zero attached hydrogens (tertiary/aromatic N) is 2. The van der Waals surface area contributed by atoms with Crippen molar-refractivity contribution in [2.45, 2.75) is 13.2 Å². The van der Waals surface area contributed by atoms with E-state index in [1.807, 2.05) is 59.2 Å². The van der Waals surface area contributed by atoms with Crippen LogP contribution in [0, 0.1) is 0 Å². The summed E-state index contributed by atoms with van der Waals surface area (Å²) in [6.07, 6.45) is 2.96. The fourth-order valence-electron chi connectivity index (χ4n) is 3.18. The number of amides is 1. The first kappa shape index (κ1) is 20.3. The maximum Gasteiger partial charge on any atom is 0.387 e. The smallest absolute Gasteiger partial charge is 0.387 e. The number of fused-ring (bicyclic) bond motifs is 1. The zero-order valence-electron chi connectivity index (χ0n) is 16.4. The molecule has 0 saturated carbocycles. The summed E-state index contributed by atoms with van der Waals surface area (Å²) in [5.74, 6) is 0.157. The third-order valence-electron chi connectivity index (χ3n) is 4.61. The summed E-state index contributed by atoms with van der Waals surface area (Å²) in [6, 6.07) is 23.6. The van der Waals surface area contributed by atoms with E-state index < -0.39 is 6.61 Å². The number of hydrogen-bond acceptors (Lipinski definition) is 3. The van der Waals surface area contributed by atoms with Crippen molar-refractivity contribution in [3.8, 4) is 5.75 Å². The summed E-state index contributed by atoms with van der Waals surface area (Å²) in [4.78, 5) is 17.1. The molecule has 4 rings (SSSR count). The number of nitrogens with one attached hydrogen (secondary N) is 1. The van der Waals surface area contributed by atoms with Crippen molar-refractivity contribution in [2.75, 3.05) is 5.32 Å². The predicted octanol–water partition coefficient (Wildman–Crippen LogP) is 5.34. The maximum absolute atomic E-state index is 12.5. The summed E-state index contributed by atoms with van der Waals surface area (Å²) in [5.41, 5.74) is 3.46. The number of alkyl halides is 2.